The molecule has 6 heteroatoms. The van der Waals surface area contributed by atoms with Crippen LogP contribution in [0.1, 0.15) is 29.0 Å². The first-order valence-corrected chi connectivity index (χ1v) is 8.81. The number of furan rings is 1. The first kappa shape index (κ1) is 17.8. The normalized spacial score (nSPS) is 16.0. The Morgan fingerprint density at radius 2 is 2.12 bits per heavy atom. The van der Waals surface area contributed by atoms with Gasteiger partial charge in [-0.3, -0.25) is 4.79 Å². The lowest BCUT2D eigenvalue weighted by Crippen LogP contribution is -2.46. The Bertz CT molecular complexity index is 709. The molecule has 2 heterocycles. The largest absolute Gasteiger partial charge is 0.496 e. The molecular weight excluding hydrogens is 340 g/mol. The van der Waals surface area contributed by atoms with Crippen LogP contribution in [0.3, 0.4) is 0 Å². The van der Waals surface area contributed by atoms with Crippen LogP contribution in [0.5, 0.6) is 5.75 Å². The first-order chi connectivity index (χ1) is 12.1. The molecule has 1 amide bonds. The maximum Gasteiger partial charge on any atom is 0.258 e. The summed E-state index contributed by atoms with van der Waals surface area (Å²) in [5.74, 6) is 1.23. The topological polar surface area (TPSA) is 45.9 Å². The number of hydrogen-bond donors (Lipinski definition) is 0. The standard InChI is InChI=1S/C19H23ClN2O3/c1-21-9-7-15(8-10-21)22(13-16-4-3-11-25-16)19(23)17-12-14(20)5-6-18(17)24-2/h3-6,11-12,15H,7-10,13H2,1-2H3. The highest BCUT2D eigenvalue weighted by atomic mass is 35.5. The van der Waals surface area contributed by atoms with E-state index in [4.69, 9.17) is 20.8 Å². The summed E-state index contributed by atoms with van der Waals surface area (Å²) in [6, 6.07) is 9.03. The molecule has 0 saturated carbocycles. The predicted molar refractivity (Wildman–Crippen MR) is 97.1 cm³/mol. The lowest BCUT2D eigenvalue weighted by molar-refractivity contribution is 0.0547. The summed E-state index contributed by atoms with van der Waals surface area (Å²) in [7, 11) is 3.67. The zero-order valence-electron chi connectivity index (χ0n) is 14.6. The fraction of sp³-hybridized carbons (Fsp3) is 0.421. The van der Waals surface area contributed by atoms with Gasteiger partial charge in [-0.05, 0) is 63.3 Å². The smallest absolute Gasteiger partial charge is 0.258 e. The molecule has 0 unspecified atom stereocenters. The van der Waals surface area contributed by atoms with Crippen molar-refractivity contribution >= 4 is 17.5 Å². The summed E-state index contributed by atoms with van der Waals surface area (Å²) in [5, 5.41) is 0.519. The Morgan fingerprint density at radius 3 is 2.76 bits per heavy atom. The average Bonchev–Trinajstić information content (AvgIpc) is 3.13. The maximum atomic E-state index is 13.3. The Balaban J connectivity index is 1.90. The van der Waals surface area contributed by atoms with Crippen molar-refractivity contribution in [3.63, 3.8) is 0 Å². The summed E-state index contributed by atoms with van der Waals surface area (Å²) in [4.78, 5) is 17.5. The van der Waals surface area contributed by atoms with Gasteiger partial charge in [0.15, 0.2) is 0 Å². The molecule has 0 spiro atoms. The van der Waals surface area contributed by atoms with E-state index in [0.717, 1.165) is 31.7 Å². The third-order valence-corrected chi connectivity index (χ3v) is 4.92. The van der Waals surface area contributed by atoms with Crippen LogP contribution in [-0.4, -0.2) is 49.0 Å². The zero-order valence-corrected chi connectivity index (χ0v) is 15.3. The molecule has 25 heavy (non-hydrogen) atoms. The van der Waals surface area contributed by atoms with Crippen molar-refractivity contribution in [1.82, 2.24) is 9.80 Å². The number of rotatable bonds is 5. The van der Waals surface area contributed by atoms with Crippen LogP contribution in [-0.2, 0) is 6.54 Å². The van der Waals surface area contributed by atoms with E-state index in [-0.39, 0.29) is 11.9 Å². The number of benzene rings is 1. The zero-order chi connectivity index (χ0) is 17.8. The molecule has 3 rings (SSSR count). The summed E-state index contributed by atoms with van der Waals surface area (Å²) in [6.07, 6.45) is 3.50. The van der Waals surface area contributed by atoms with Gasteiger partial charge in [-0.2, -0.15) is 0 Å². The first-order valence-electron chi connectivity index (χ1n) is 8.44. The minimum absolute atomic E-state index is 0.0784. The highest BCUT2D eigenvalue weighted by Crippen LogP contribution is 2.27. The molecule has 1 fully saturated rings. The van der Waals surface area contributed by atoms with Gasteiger partial charge in [0.1, 0.15) is 11.5 Å². The molecule has 134 valence electrons. The SMILES string of the molecule is COc1ccc(Cl)cc1C(=O)N(Cc1ccco1)C1CCN(C)CC1. The fourth-order valence-corrected chi connectivity index (χ4v) is 3.42. The van der Waals surface area contributed by atoms with Crippen molar-refractivity contribution in [2.45, 2.75) is 25.4 Å². The number of amides is 1. The third kappa shape index (κ3) is 4.17. The van der Waals surface area contributed by atoms with Gasteiger partial charge >= 0.3 is 0 Å². The van der Waals surface area contributed by atoms with Gasteiger partial charge in [-0.15, -0.1) is 0 Å². The van der Waals surface area contributed by atoms with Crippen LogP contribution in [0.4, 0.5) is 0 Å². The van der Waals surface area contributed by atoms with E-state index in [1.165, 1.54) is 0 Å². The summed E-state index contributed by atoms with van der Waals surface area (Å²) in [5.41, 5.74) is 0.487. The maximum absolute atomic E-state index is 13.3. The fourth-order valence-electron chi connectivity index (χ4n) is 3.25. The number of ether oxygens (including phenoxy) is 1. The molecule has 0 atom stereocenters. The highest BCUT2D eigenvalue weighted by Gasteiger charge is 2.30. The number of hydrogen-bond acceptors (Lipinski definition) is 4. The third-order valence-electron chi connectivity index (χ3n) is 4.69. The van der Waals surface area contributed by atoms with Crippen LogP contribution in [0, 0.1) is 0 Å². The monoisotopic (exact) mass is 362 g/mol. The van der Waals surface area contributed by atoms with Crippen molar-refractivity contribution < 1.29 is 13.9 Å². The number of piperidine rings is 1. The molecular formula is C19H23ClN2O3. The van der Waals surface area contributed by atoms with E-state index < -0.39 is 0 Å². The van der Waals surface area contributed by atoms with Crippen LogP contribution in [0.15, 0.2) is 41.0 Å². The summed E-state index contributed by atoms with van der Waals surface area (Å²) in [6.45, 7) is 2.38. The Kier molecular flexibility index (Phi) is 5.66. The number of halogens is 1. The van der Waals surface area contributed by atoms with E-state index >= 15 is 0 Å². The minimum Gasteiger partial charge on any atom is -0.496 e. The lowest BCUT2D eigenvalue weighted by atomic mass is 10.0. The quantitative estimate of drug-likeness (QED) is 0.814. The van der Waals surface area contributed by atoms with Crippen molar-refractivity contribution in [3.05, 3.63) is 52.9 Å². The molecule has 2 aromatic rings. The van der Waals surface area contributed by atoms with E-state index in [2.05, 4.69) is 11.9 Å². The molecule has 1 aliphatic heterocycles. The predicted octanol–water partition coefficient (Wildman–Crippen LogP) is 3.68. The minimum atomic E-state index is -0.0784. The molecule has 1 saturated heterocycles. The van der Waals surface area contributed by atoms with Crippen molar-refractivity contribution in [1.29, 1.82) is 0 Å². The second kappa shape index (κ2) is 7.93. The lowest BCUT2D eigenvalue weighted by Gasteiger charge is -2.37. The number of likely N-dealkylation sites (tertiary alicyclic amines) is 1. The van der Waals surface area contributed by atoms with Crippen molar-refractivity contribution in [2.75, 3.05) is 27.2 Å². The number of carbonyl (C=O) groups is 1. The number of methoxy groups -OCH3 is 1. The number of carbonyl (C=O) groups excluding carboxylic acids is 1. The van der Waals surface area contributed by atoms with Crippen molar-refractivity contribution in [3.8, 4) is 5.75 Å². The van der Waals surface area contributed by atoms with Gasteiger partial charge in [-0.1, -0.05) is 11.6 Å². The molecule has 5 nitrogen and oxygen atoms in total. The van der Waals surface area contributed by atoms with Gasteiger partial charge in [0.05, 0.1) is 25.5 Å². The molecule has 1 aromatic heterocycles. The summed E-state index contributed by atoms with van der Waals surface area (Å²) < 4.78 is 10.9. The summed E-state index contributed by atoms with van der Waals surface area (Å²) >= 11 is 6.12. The van der Waals surface area contributed by atoms with E-state index in [0.29, 0.717) is 22.9 Å². The average molecular weight is 363 g/mol. The molecule has 1 aromatic carbocycles. The molecule has 0 radical (unpaired) electrons. The second-order valence-electron chi connectivity index (χ2n) is 6.39. The van der Waals surface area contributed by atoms with Gasteiger partial charge in [0.2, 0.25) is 0 Å². The van der Waals surface area contributed by atoms with Crippen LogP contribution in [0.25, 0.3) is 0 Å². The molecule has 0 N–H and O–H groups in total. The molecule has 1 aliphatic rings. The molecule has 0 bridgehead atoms. The second-order valence-corrected chi connectivity index (χ2v) is 6.83. The van der Waals surface area contributed by atoms with E-state index in [1.54, 1.807) is 31.6 Å². The van der Waals surface area contributed by atoms with Crippen LogP contribution < -0.4 is 4.74 Å². The highest BCUT2D eigenvalue weighted by molar-refractivity contribution is 6.31. The van der Waals surface area contributed by atoms with Gasteiger partial charge in [0, 0.05) is 11.1 Å². The molecule has 0 aliphatic carbocycles. The van der Waals surface area contributed by atoms with Gasteiger partial charge in [-0.25, -0.2) is 0 Å². The van der Waals surface area contributed by atoms with Crippen LogP contribution >= 0.6 is 11.6 Å². The van der Waals surface area contributed by atoms with E-state index in [1.807, 2.05) is 17.0 Å². The Hall–Kier alpha value is -1.98. The van der Waals surface area contributed by atoms with E-state index in [9.17, 15) is 4.79 Å². The van der Waals surface area contributed by atoms with Crippen molar-refractivity contribution in [2.24, 2.45) is 0 Å². The van der Waals surface area contributed by atoms with Crippen LogP contribution in [0.2, 0.25) is 5.02 Å². The Labute approximate surface area is 153 Å². The number of nitrogens with zero attached hydrogens (tertiary/aromatic N) is 2. The van der Waals surface area contributed by atoms with Gasteiger partial charge in [0.25, 0.3) is 5.91 Å². The van der Waals surface area contributed by atoms with Gasteiger partial charge < -0.3 is 19.0 Å². The Morgan fingerprint density at radius 1 is 1.36 bits per heavy atom.